The van der Waals surface area contributed by atoms with E-state index in [1.165, 1.54) is 0 Å². The summed E-state index contributed by atoms with van der Waals surface area (Å²) in [6.45, 7) is 0. The van der Waals surface area contributed by atoms with Gasteiger partial charge in [-0.1, -0.05) is 24.3 Å². The minimum absolute atomic E-state index is 0.116. The van der Waals surface area contributed by atoms with Crippen LogP contribution in [0.4, 0.5) is 0 Å². The predicted molar refractivity (Wildman–Crippen MR) is 95.1 cm³/mol. The van der Waals surface area contributed by atoms with Gasteiger partial charge in [-0.25, -0.2) is 0 Å². The Bertz CT molecular complexity index is 862. The maximum absolute atomic E-state index is 12.5. The Morgan fingerprint density at radius 3 is 1.72 bits per heavy atom. The number of hydrogen-bond donors (Lipinski definition) is 1. The number of ketones is 1. The van der Waals surface area contributed by atoms with Gasteiger partial charge in [-0.05, 0) is 47.5 Å². The van der Waals surface area contributed by atoms with Crippen LogP contribution in [-0.2, 0) is 9.59 Å². The third kappa shape index (κ3) is 3.61. The fraction of sp³-hybridized carbons (Fsp3) is 0.100. The van der Waals surface area contributed by atoms with E-state index < -0.39 is 5.91 Å². The highest BCUT2D eigenvalue weighted by atomic mass is 16.5. The van der Waals surface area contributed by atoms with Gasteiger partial charge in [0.05, 0.1) is 25.5 Å². The van der Waals surface area contributed by atoms with Crippen molar-refractivity contribution in [3.8, 4) is 11.5 Å². The Kier molecular flexibility index (Phi) is 4.66. The van der Waals surface area contributed by atoms with Gasteiger partial charge in [-0.2, -0.15) is 0 Å². The standard InChI is InChI=1S/C20H17NO4/c1-24-15-7-3-13(4-8-15)11-17-19(22)18(21-20(17)23)12-14-5-9-16(25-2)10-6-14/h3-12H,1-2H3,(H,21,23)/b17-11+,18-12-. The maximum atomic E-state index is 12.5. The number of hydrogen-bond acceptors (Lipinski definition) is 4. The summed E-state index contributed by atoms with van der Waals surface area (Å²) in [7, 11) is 3.17. The van der Waals surface area contributed by atoms with Crippen LogP contribution >= 0.6 is 0 Å². The van der Waals surface area contributed by atoms with Gasteiger partial charge in [-0.3, -0.25) is 9.59 Å². The van der Waals surface area contributed by atoms with Crippen molar-refractivity contribution in [2.75, 3.05) is 14.2 Å². The second kappa shape index (κ2) is 7.05. The summed E-state index contributed by atoms with van der Waals surface area (Å²) in [6, 6.07) is 14.3. The van der Waals surface area contributed by atoms with Crippen molar-refractivity contribution in [3.63, 3.8) is 0 Å². The molecule has 1 saturated heterocycles. The van der Waals surface area contributed by atoms with Gasteiger partial charge in [0.15, 0.2) is 0 Å². The van der Waals surface area contributed by atoms with E-state index in [0.717, 1.165) is 16.9 Å². The number of amides is 1. The average Bonchev–Trinajstić information content (AvgIpc) is 2.90. The molecule has 1 aliphatic heterocycles. The summed E-state index contributed by atoms with van der Waals surface area (Å²) in [5.74, 6) is 0.714. The van der Waals surface area contributed by atoms with E-state index in [0.29, 0.717) is 5.75 Å². The first-order chi connectivity index (χ1) is 12.1. The molecule has 25 heavy (non-hydrogen) atoms. The van der Waals surface area contributed by atoms with E-state index in [4.69, 9.17) is 9.47 Å². The predicted octanol–water partition coefficient (Wildman–Crippen LogP) is 2.83. The second-order valence-corrected chi connectivity index (χ2v) is 5.45. The quantitative estimate of drug-likeness (QED) is 0.689. The first-order valence-corrected chi connectivity index (χ1v) is 7.68. The smallest absolute Gasteiger partial charge is 0.259 e. The number of ether oxygens (including phenoxy) is 2. The molecule has 0 aliphatic carbocycles. The van der Waals surface area contributed by atoms with Gasteiger partial charge in [-0.15, -0.1) is 0 Å². The van der Waals surface area contributed by atoms with Crippen LogP contribution < -0.4 is 14.8 Å². The topological polar surface area (TPSA) is 64.6 Å². The van der Waals surface area contributed by atoms with Crippen LogP contribution in [0.2, 0.25) is 0 Å². The molecule has 5 nitrogen and oxygen atoms in total. The number of rotatable bonds is 4. The molecule has 5 heteroatoms. The Labute approximate surface area is 145 Å². The lowest BCUT2D eigenvalue weighted by Gasteiger charge is -2.00. The average molecular weight is 335 g/mol. The molecule has 1 N–H and O–H groups in total. The molecule has 0 bridgehead atoms. The molecule has 1 heterocycles. The fourth-order valence-corrected chi connectivity index (χ4v) is 2.46. The van der Waals surface area contributed by atoms with Crippen molar-refractivity contribution in [1.82, 2.24) is 5.32 Å². The van der Waals surface area contributed by atoms with E-state index in [1.54, 1.807) is 62.8 Å². The number of allylic oxidation sites excluding steroid dienone is 1. The maximum Gasteiger partial charge on any atom is 0.259 e. The molecular weight excluding hydrogens is 318 g/mol. The van der Waals surface area contributed by atoms with Gasteiger partial charge in [0.1, 0.15) is 11.5 Å². The van der Waals surface area contributed by atoms with E-state index in [-0.39, 0.29) is 17.1 Å². The molecule has 2 aromatic carbocycles. The SMILES string of the molecule is COc1ccc(/C=C2\NC(=O)/C(=C/c3ccc(OC)cc3)C2=O)cc1. The van der Waals surface area contributed by atoms with Crippen LogP contribution in [0.1, 0.15) is 11.1 Å². The Morgan fingerprint density at radius 2 is 1.24 bits per heavy atom. The zero-order valence-electron chi connectivity index (χ0n) is 13.9. The lowest BCUT2D eigenvalue weighted by atomic mass is 10.1. The third-order valence-corrected chi connectivity index (χ3v) is 3.84. The van der Waals surface area contributed by atoms with Crippen molar-refractivity contribution in [2.24, 2.45) is 0 Å². The van der Waals surface area contributed by atoms with Gasteiger partial charge < -0.3 is 14.8 Å². The van der Waals surface area contributed by atoms with E-state index in [9.17, 15) is 9.59 Å². The molecule has 2 aromatic rings. The molecule has 0 saturated carbocycles. The molecule has 0 atom stereocenters. The Morgan fingerprint density at radius 1 is 0.760 bits per heavy atom. The Hall–Kier alpha value is -3.34. The molecule has 3 rings (SSSR count). The molecule has 1 fully saturated rings. The molecule has 1 aliphatic rings. The number of carbonyl (C=O) groups excluding carboxylic acids is 2. The van der Waals surface area contributed by atoms with Crippen LogP contribution in [0.25, 0.3) is 12.2 Å². The van der Waals surface area contributed by atoms with Gasteiger partial charge in [0, 0.05) is 0 Å². The molecule has 0 unspecified atom stereocenters. The van der Waals surface area contributed by atoms with Crippen LogP contribution in [0.5, 0.6) is 11.5 Å². The molecule has 126 valence electrons. The van der Waals surface area contributed by atoms with E-state index >= 15 is 0 Å². The summed E-state index contributed by atoms with van der Waals surface area (Å²) < 4.78 is 10.2. The van der Waals surface area contributed by atoms with Crippen LogP contribution in [0, 0.1) is 0 Å². The minimum atomic E-state index is -0.402. The minimum Gasteiger partial charge on any atom is -0.497 e. The van der Waals surface area contributed by atoms with Crippen LogP contribution in [0.3, 0.4) is 0 Å². The van der Waals surface area contributed by atoms with Gasteiger partial charge >= 0.3 is 0 Å². The number of benzene rings is 2. The largest absolute Gasteiger partial charge is 0.497 e. The molecular formula is C20H17NO4. The van der Waals surface area contributed by atoms with Crippen LogP contribution in [0.15, 0.2) is 59.8 Å². The first-order valence-electron chi connectivity index (χ1n) is 7.68. The van der Waals surface area contributed by atoms with Crippen molar-refractivity contribution in [2.45, 2.75) is 0 Å². The summed E-state index contributed by atoms with van der Waals surface area (Å²) in [6.07, 6.45) is 3.22. The lowest BCUT2D eigenvalue weighted by Crippen LogP contribution is -2.13. The number of Topliss-reactive ketones (excluding diaryl/α,β-unsaturated/α-hetero) is 1. The van der Waals surface area contributed by atoms with Crippen molar-refractivity contribution >= 4 is 23.8 Å². The van der Waals surface area contributed by atoms with E-state index in [2.05, 4.69) is 5.32 Å². The summed E-state index contributed by atoms with van der Waals surface area (Å²) in [4.78, 5) is 24.6. The van der Waals surface area contributed by atoms with Crippen LogP contribution in [-0.4, -0.2) is 25.9 Å². The first kappa shape index (κ1) is 16.5. The Balaban J connectivity index is 1.85. The molecule has 0 radical (unpaired) electrons. The normalized spacial score (nSPS) is 17.0. The highest BCUT2D eigenvalue weighted by Crippen LogP contribution is 2.21. The highest BCUT2D eigenvalue weighted by molar-refractivity contribution is 6.35. The van der Waals surface area contributed by atoms with Gasteiger partial charge in [0.2, 0.25) is 5.78 Å². The lowest BCUT2D eigenvalue weighted by molar-refractivity contribution is -0.117. The summed E-state index contributed by atoms with van der Waals surface area (Å²) in [5.41, 5.74) is 1.93. The molecule has 1 amide bonds. The molecule has 0 aromatic heterocycles. The second-order valence-electron chi connectivity index (χ2n) is 5.45. The summed E-state index contributed by atoms with van der Waals surface area (Å²) >= 11 is 0. The van der Waals surface area contributed by atoms with Crippen molar-refractivity contribution < 1.29 is 19.1 Å². The zero-order chi connectivity index (χ0) is 17.8. The van der Waals surface area contributed by atoms with Crippen molar-refractivity contribution in [1.29, 1.82) is 0 Å². The van der Waals surface area contributed by atoms with E-state index in [1.807, 2.05) is 12.1 Å². The van der Waals surface area contributed by atoms with Gasteiger partial charge in [0.25, 0.3) is 5.91 Å². The highest BCUT2D eigenvalue weighted by Gasteiger charge is 2.30. The number of nitrogens with one attached hydrogen (secondary N) is 1. The fourth-order valence-electron chi connectivity index (χ4n) is 2.46. The zero-order valence-corrected chi connectivity index (χ0v) is 13.9. The number of methoxy groups -OCH3 is 2. The number of carbonyl (C=O) groups is 2. The molecule has 0 spiro atoms. The van der Waals surface area contributed by atoms with Crippen molar-refractivity contribution in [3.05, 3.63) is 70.9 Å². The monoisotopic (exact) mass is 335 g/mol. The third-order valence-electron chi connectivity index (χ3n) is 3.84. The summed E-state index contributed by atoms with van der Waals surface area (Å²) in [5, 5.41) is 2.62.